The van der Waals surface area contributed by atoms with Crippen molar-refractivity contribution < 1.29 is 4.74 Å². The molecule has 0 bridgehead atoms. The van der Waals surface area contributed by atoms with Crippen LogP contribution in [0.5, 0.6) is 0 Å². The number of aliphatic imine (C=N–C) groups is 1. The Morgan fingerprint density at radius 2 is 2.12 bits per heavy atom. The molecule has 1 aromatic rings. The topological polar surface area (TPSA) is 61.8 Å². The average Bonchev–Trinajstić information content (AvgIpc) is 3.02. The van der Waals surface area contributed by atoms with E-state index in [4.69, 9.17) is 9.73 Å². The standard InChI is InChI=1S/C18H33N5OS/c1-5-19-18(22-13-17-12-20-15(4)25-17)21-11-16(10-14(2)3)23-6-8-24-9-7-23/h12,14,16H,5-11,13H2,1-4H3,(H2,19,21,22). The van der Waals surface area contributed by atoms with Gasteiger partial charge >= 0.3 is 0 Å². The van der Waals surface area contributed by atoms with Crippen molar-refractivity contribution in [3.8, 4) is 0 Å². The number of aryl methyl sites for hydroxylation is 1. The van der Waals surface area contributed by atoms with E-state index in [-0.39, 0.29) is 0 Å². The van der Waals surface area contributed by atoms with E-state index in [1.807, 2.05) is 13.1 Å². The molecule has 0 spiro atoms. The fourth-order valence-corrected chi connectivity index (χ4v) is 3.76. The summed E-state index contributed by atoms with van der Waals surface area (Å²) < 4.78 is 5.51. The van der Waals surface area contributed by atoms with E-state index in [2.05, 4.69) is 41.3 Å². The van der Waals surface area contributed by atoms with E-state index in [9.17, 15) is 0 Å². The van der Waals surface area contributed by atoms with Crippen molar-refractivity contribution >= 4 is 17.3 Å². The molecule has 2 heterocycles. The fraction of sp³-hybridized carbons (Fsp3) is 0.778. The Morgan fingerprint density at radius 1 is 1.36 bits per heavy atom. The van der Waals surface area contributed by atoms with Crippen LogP contribution in [0, 0.1) is 12.8 Å². The van der Waals surface area contributed by atoms with Crippen LogP contribution in [0.2, 0.25) is 0 Å². The minimum absolute atomic E-state index is 0.512. The van der Waals surface area contributed by atoms with Gasteiger partial charge in [0.15, 0.2) is 5.96 Å². The number of rotatable bonds is 8. The Labute approximate surface area is 156 Å². The van der Waals surface area contributed by atoms with Gasteiger partial charge < -0.3 is 15.4 Å². The first-order valence-corrected chi connectivity index (χ1v) is 10.2. The molecule has 2 N–H and O–H groups in total. The number of morpholine rings is 1. The molecule has 1 saturated heterocycles. The molecule has 1 aromatic heterocycles. The SMILES string of the molecule is CCNC(=NCc1cnc(C)s1)NCC(CC(C)C)N1CCOCC1. The molecule has 25 heavy (non-hydrogen) atoms. The molecule has 1 atom stereocenters. The number of ether oxygens (including phenoxy) is 1. The molecule has 1 aliphatic rings. The lowest BCUT2D eigenvalue weighted by Crippen LogP contribution is -2.51. The van der Waals surface area contributed by atoms with Crippen molar-refractivity contribution in [1.29, 1.82) is 0 Å². The lowest BCUT2D eigenvalue weighted by Gasteiger charge is -2.35. The van der Waals surface area contributed by atoms with Crippen LogP contribution in [0.4, 0.5) is 0 Å². The van der Waals surface area contributed by atoms with Gasteiger partial charge in [-0.15, -0.1) is 11.3 Å². The summed E-state index contributed by atoms with van der Waals surface area (Å²) >= 11 is 1.71. The molecular weight excluding hydrogens is 334 g/mol. The molecule has 1 aliphatic heterocycles. The molecule has 6 nitrogen and oxygen atoms in total. The second kappa shape index (κ2) is 10.7. The highest BCUT2D eigenvalue weighted by Crippen LogP contribution is 2.14. The Balaban J connectivity index is 1.93. The molecular formula is C18H33N5OS. The molecule has 1 unspecified atom stereocenters. The fourth-order valence-electron chi connectivity index (χ4n) is 3.04. The van der Waals surface area contributed by atoms with Crippen molar-refractivity contribution in [3.63, 3.8) is 0 Å². The zero-order valence-corrected chi connectivity index (χ0v) is 16.9. The first-order chi connectivity index (χ1) is 12.1. The second-order valence-electron chi connectivity index (χ2n) is 6.85. The van der Waals surface area contributed by atoms with Crippen LogP contribution in [0.3, 0.4) is 0 Å². The number of aromatic nitrogens is 1. The maximum absolute atomic E-state index is 5.51. The van der Waals surface area contributed by atoms with E-state index < -0.39 is 0 Å². The van der Waals surface area contributed by atoms with Gasteiger partial charge in [0.2, 0.25) is 0 Å². The van der Waals surface area contributed by atoms with Crippen molar-refractivity contribution in [2.75, 3.05) is 39.4 Å². The molecule has 0 radical (unpaired) electrons. The molecule has 0 saturated carbocycles. The minimum atomic E-state index is 0.512. The molecule has 1 fully saturated rings. The van der Waals surface area contributed by atoms with Gasteiger partial charge in [0.05, 0.1) is 24.8 Å². The summed E-state index contributed by atoms with van der Waals surface area (Å²) in [7, 11) is 0. The first kappa shape index (κ1) is 20.1. The number of nitrogens with one attached hydrogen (secondary N) is 2. The largest absolute Gasteiger partial charge is 0.379 e. The summed E-state index contributed by atoms with van der Waals surface area (Å²) in [6, 6.07) is 0.512. The van der Waals surface area contributed by atoms with Gasteiger partial charge in [-0.2, -0.15) is 0 Å². The van der Waals surface area contributed by atoms with Gasteiger partial charge in [0.25, 0.3) is 0 Å². The summed E-state index contributed by atoms with van der Waals surface area (Å²) in [5.41, 5.74) is 0. The number of nitrogens with zero attached hydrogens (tertiary/aromatic N) is 3. The second-order valence-corrected chi connectivity index (χ2v) is 8.17. The van der Waals surface area contributed by atoms with Crippen molar-refractivity contribution in [3.05, 3.63) is 16.1 Å². The number of thiazole rings is 1. The zero-order valence-electron chi connectivity index (χ0n) is 16.0. The maximum Gasteiger partial charge on any atom is 0.191 e. The monoisotopic (exact) mass is 367 g/mol. The predicted molar refractivity (Wildman–Crippen MR) is 105 cm³/mol. The Kier molecular flexibility index (Phi) is 8.64. The molecule has 0 aliphatic carbocycles. The molecule has 2 rings (SSSR count). The van der Waals surface area contributed by atoms with Gasteiger partial charge in [-0.3, -0.25) is 4.90 Å². The van der Waals surface area contributed by atoms with Crippen LogP contribution in [0.1, 0.15) is 37.1 Å². The first-order valence-electron chi connectivity index (χ1n) is 9.33. The minimum Gasteiger partial charge on any atom is -0.379 e. The van der Waals surface area contributed by atoms with Crippen LogP contribution < -0.4 is 10.6 Å². The van der Waals surface area contributed by atoms with Crippen LogP contribution >= 0.6 is 11.3 Å². The number of hydrogen-bond donors (Lipinski definition) is 2. The summed E-state index contributed by atoms with van der Waals surface area (Å²) in [6.45, 7) is 14.9. The highest BCUT2D eigenvalue weighted by Gasteiger charge is 2.22. The highest BCUT2D eigenvalue weighted by molar-refractivity contribution is 7.11. The van der Waals surface area contributed by atoms with Gasteiger partial charge in [-0.25, -0.2) is 9.98 Å². The zero-order chi connectivity index (χ0) is 18.1. The third-order valence-electron chi connectivity index (χ3n) is 4.22. The normalized spacial score (nSPS) is 17.7. The summed E-state index contributed by atoms with van der Waals surface area (Å²) in [6.07, 6.45) is 3.10. The van der Waals surface area contributed by atoms with Gasteiger partial charge in [-0.05, 0) is 26.2 Å². The quantitative estimate of drug-likeness (QED) is 0.545. The predicted octanol–water partition coefficient (Wildman–Crippen LogP) is 2.25. The van der Waals surface area contributed by atoms with Crippen LogP contribution in [-0.4, -0.2) is 61.3 Å². The molecule has 142 valence electrons. The Hall–Kier alpha value is -1.18. The van der Waals surface area contributed by atoms with Crippen LogP contribution in [0.25, 0.3) is 0 Å². The summed E-state index contributed by atoms with van der Waals surface area (Å²) in [5, 5.41) is 7.98. The lowest BCUT2D eigenvalue weighted by molar-refractivity contribution is 0.0132. The van der Waals surface area contributed by atoms with Crippen molar-refractivity contribution in [2.45, 2.75) is 46.7 Å². The van der Waals surface area contributed by atoms with E-state index in [1.54, 1.807) is 11.3 Å². The number of hydrogen-bond acceptors (Lipinski definition) is 5. The smallest absolute Gasteiger partial charge is 0.191 e. The van der Waals surface area contributed by atoms with Crippen molar-refractivity contribution in [1.82, 2.24) is 20.5 Å². The lowest BCUT2D eigenvalue weighted by atomic mass is 10.0. The molecule has 0 aromatic carbocycles. The van der Waals surface area contributed by atoms with Crippen LogP contribution in [-0.2, 0) is 11.3 Å². The van der Waals surface area contributed by atoms with Gasteiger partial charge in [-0.1, -0.05) is 13.8 Å². The Bertz CT molecular complexity index is 525. The number of guanidine groups is 1. The van der Waals surface area contributed by atoms with Gasteiger partial charge in [0, 0.05) is 43.3 Å². The maximum atomic E-state index is 5.51. The Morgan fingerprint density at radius 3 is 2.72 bits per heavy atom. The van der Waals surface area contributed by atoms with E-state index >= 15 is 0 Å². The van der Waals surface area contributed by atoms with E-state index in [0.717, 1.165) is 50.4 Å². The summed E-state index contributed by atoms with van der Waals surface area (Å²) in [5.74, 6) is 1.56. The molecule has 0 amide bonds. The summed E-state index contributed by atoms with van der Waals surface area (Å²) in [4.78, 5) is 12.8. The van der Waals surface area contributed by atoms with Crippen molar-refractivity contribution in [2.24, 2.45) is 10.9 Å². The van der Waals surface area contributed by atoms with E-state index in [1.165, 1.54) is 11.3 Å². The molecule has 7 heteroatoms. The van der Waals surface area contributed by atoms with Crippen LogP contribution in [0.15, 0.2) is 11.2 Å². The van der Waals surface area contributed by atoms with E-state index in [0.29, 0.717) is 18.5 Å². The highest BCUT2D eigenvalue weighted by atomic mass is 32.1. The van der Waals surface area contributed by atoms with Gasteiger partial charge in [0.1, 0.15) is 0 Å². The third kappa shape index (κ3) is 7.30. The average molecular weight is 368 g/mol. The third-order valence-corrected chi connectivity index (χ3v) is 5.11.